The van der Waals surface area contributed by atoms with E-state index in [2.05, 4.69) is 6.58 Å². The summed E-state index contributed by atoms with van der Waals surface area (Å²) in [5, 5.41) is 7.98. The average molecular weight is 126 g/mol. The average Bonchev–Trinajstić information content (AvgIpc) is 1.83. The second-order valence-corrected chi connectivity index (χ2v) is 1.28. The lowest BCUT2D eigenvalue weighted by Gasteiger charge is -1.76. The molecule has 48 valence electrons. The third-order valence-corrected chi connectivity index (χ3v) is 0.591. The van der Waals surface area contributed by atoms with Crippen LogP contribution in [0.3, 0.4) is 0 Å². The Balaban J connectivity index is 3.85. The Morgan fingerprint density at radius 2 is 1.89 bits per heavy atom. The van der Waals surface area contributed by atoms with Crippen LogP contribution in [0.25, 0.3) is 0 Å². The fourth-order valence-corrected chi connectivity index (χ4v) is 0.221. The predicted molar refractivity (Wildman–Crippen MR) is 32.0 cm³/mol. The van der Waals surface area contributed by atoms with E-state index in [1.54, 1.807) is 0 Å². The highest BCUT2D eigenvalue weighted by atomic mass is 16.4. The lowest BCUT2D eigenvalue weighted by molar-refractivity contribution is -0.131. The van der Waals surface area contributed by atoms with E-state index >= 15 is 0 Å². The van der Waals surface area contributed by atoms with Crippen LogP contribution in [0.1, 0.15) is 0 Å². The highest BCUT2D eigenvalue weighted by Crippen LogP contribution is 1.76. The SMILES string of the molecule is C=CC(=O)/C=C\C(=O)O. The number of carbonyl (C=O) groups excluding carboxylic acids is 1. The van der Waals surface area contributed by atoms with Gasteiger partial charge in [0.2, 0.25) is 0 Å². The molecule has 0 aromatic carbocycles. The number of carbonyl (C=O) groups is 2. The van der Waals surface area contributed by atoms with Crippen molar-refractivity contribution in [3.05, 3.63) is 24.8 Å². The van der Waals surface area contributed by atoms with Gasteiger partial charge in [-0.05, 0) is 12.2 Å². The fourth-order valence-electron chi connectivity index (χ4n) is 0.221. The van der Waals surface area contributed by atoms with Gasteiger partial charge in [-0.3, -0.25) is 4.79 Å². The minimum atomic E-state index is -1.13. The van der Waals surface area contributed by atoms with Crippen molar-refractivity contribution >= 4 is 11.8 Å². The molecule has 0 aromatic rings. The number of ketones is 1. The first-order valence-corrected chi connectivity index (χ1v) is 2.24. The molecule has 0 aliphatic rings. The molecule has 3 nitrogen and oxygen atoms in total. The molecule has 0 aliphatic carbocycles. The van der Waals surface area contributed by atoms with E-state index in [1.165, 1.54) is 0 Å². The zero-order chi connectivity index (χ0) is 7.28. The van der Waals surface area contributed by atoms with Crippen LogP contribution < -0.4 is 0 Å². The lowest BCUT2D eigenvalue weighted by atomic mass is 10.3. The molecule has 0 heterocycles. The number of hydrogen-bond acceptors (Lipinski definition) is 2. The molecular weight excluding hydrogens is 120 g/mol. The van der Waals surface area contributed by atoms with Crippen LogP contribution in [0, 0.1) is 0 Å². The highest BCUT2D eigenvalue weighted by molar-refractivity contribution is 6.01. The van der Waals surface area contributed by atoms with Crippen molar-refractivity contribution in [2.75, 3.05) is 0 Å². The topological polar surface area (TPSA) is 54.4 Å². The van der Waals surface area contributed by atoms with E-state index in [0.29, 0.717) is 0 Å². The van der Waals surface area contributed by atoms with Gasteiger partial charge in [0, 0.05) is 6.08 Å². The second-order valence-electron chi connectivity index (χ2n) is 1.28. The van der Waals surface area contributed by atoms with Gasteiger partial charge in [-0.25, -0.2) is 4.79 Å². The molecule has 0 aromatic heterocycles. The molecule has 0 atom stereocenters. The Kier molecular flexibility index (Phi) is 3.05. The van der Waals surface area contributed by atoms with Gasteiger partial charge in [-0.1, -0.05) is 6.58 Å². The zero-order valence-corrected chi connectivity index (χ0v) is 4.70. The van der Waals surface area contributed by atoms with Gasteiger partial charge in [-0.15, -0.1) is 0 Å². The number of rotatable bonds is 3. The summed E-state index contributed by atoms with van der Waals surface area (Å²) in [6.07, 6.45) is 2.75. The molecule has 9 heavy (non-hydrogen) atoms. The first kappa shape index (κ1) is 7.62. The lowest BCUT2D eigenvalue weighted by Crippen LogP contribution is -1.90. The van der Waals surface area contributed by atoms with Crippen LogP contribution in [0.15, 0.2) is 24.8 Å². The molecule has 0 fully saturated rings. The summed E-state index contributed by atoms with van der Waals surface area (Å²) in [5.74, 6) is -1.54. The summed E-state index contributed by atoms with van der Waals surface area (Å²) in [4.78, 5) is 20.0. The number of aliphatic carboxylic acids is 1. The normalized spacial score (nSPS) is 9.33. The minimum absolute atomic E-state index is 0.405. The molecular formula is C6H6O3. The van der Waals surface area contributed by atoms with Crippen LogP contribution in [0.4, 0.5) is 0 Å². The summed E-state index contributed by atoms with van der Waals surface area (Å²) in [6, 6.07) is 0. The van der Waals surface area contributed by atoms with Crippen molar-refractivity contribution in [2.24, 2.45) is 0 Å². The van der Waals surface area contributed by atoms with Crippen molar-refractivity contribution in [1.82, 2.24) is 0 Å². The third kappa shape index (κ3) is 4.47. The second kappa shape index (κ2) is 3.60. The number of allylic oxidation sites excluding steroid dienone is 2. The molecule has 3 heteroatoms. The molecule has 0 saturated carbocycles. The van der Waals surface area contributed by atoms with Crippen LogP contribution in [0.2, 0.25) is 0 Å². The molecule has 0 saturated heterocycles. The van der Waals surface area contributed by atoms with Crippen molar-refractivity contribution in [3.8, 4) is 0 Å². The van der Waals surface area contributed by atoms with Gasteiger partial charge in [0.05, 0.1) is 0 Å². The summed E-state index contributed by atoms with van der Waals surface area (Å²) in [6.45, 7) is 3.14. The maximum absolute atomic E-state index is 10.2. The van der Waals surface area contributed by atoms with Gasteiger partial charge < -0.3 is 5.11 Å². The Morgan fingerprint density at radius 1 is 1.33 bits per heavy atom. The molecule has 0 rings (SSSR count). The van der Waals surface area contributed by atoms with Crippen LogP contribution in [-0.2, 0) is 9.59 Å². The van der Waals surface area contributed by atoms with Gasteiger partial charge in [0.25, 0.3) is 0 Å². The number of hydrogen-bond donors (Lipinski definition) is 1. The summed E-state index contributed by atoms with van der Waals surface area (Å²) >= 11 is 0. The van der Waals surface area contributed by atoms with Crippen LogP contribution in [0.5, 0.6) is 0 Å². The van der Waals surface area contributed by atoms with E-state index in [9.17, 15) is 9.59 Å². The summed E-state index contributed by atoms with van der Waals surface area (Å²) in [7, 11) is 0. The molecule has 0 unspecified atom stereocenters. The molecule has 0 radical (unpaired) electrons. The van der Waals surface area contributed by atoms with Crippen molar-refractivity contribution in [3.63, 3.8) is 0 Å². The van der Waals surface area contributed by atoms with E-state index < -0.39 is 11.8 Å². The quantitative estimate of drug-likeness (QED) is 0.556. The van der Waals surface area contributed by atoms with Crippen LogP contribution in [-0.4, -0.2) is 16.9 Å². The molecule has 0 amide bonds. The van der Waals surface area contributed by atoms with E-state index in [1.807, 2.05) is 0 Å². The monoisotopic (exact) mass is 126 g/mol. The Morgan fingerprint density at radius 3 is 2.22 bits per heavy atom. The highest BCUT2D eigenvalue weighted by Gasteiger charge is 1.88. The summed E-state index contributed by atoms with van der Waals surface area (Å²) in [5.41, 5.74) is 0. The molecule has 0 aliphatic heterocycles. The smallest absolute Gasteiger partial charge is 0.328 e. The van der Waals surface area contributed by atoms with Crippen molar-refractivity contribution in [2.45, 2.75) is 0 Å². The third-order valence-electron chi connectivity index (χ3n) is 0.591. The number of carboxylic acids is 1. The van der Waals surface area contributed by atoms with Crippen molar-refractivity contribution in [1.29, 1.82) is 0 Å². The van der Waals surface area contributed by atoms with Gasteiger partial charge >= 0.3 is 5.97 Å². The standard InChI is InChI=1S/C6H6O3/c1-2-5(7)3-4-6(8)9/h2-4H,1H2,(H,8,9)/b4-3-. The number of carboxylic acid groups (broad SMARTS) is 1. The first-order chi connectivity index (χ1) is 4.16. The zero-order valence-electron chi connectivity index (χ0n) is 4.70. The largest absolute Gasteiger partial charge is 0.478 e. The van der Waals surface area contributed by atoms with E-state index in [0.717, 1.165) is 18.2 Å². The maximum atomic E-state index is 10.2. The van der Waals surface area contributed by atoms with Crippen molar-refractivity contribution < 1.29 is 14.7 Å². The molecule has 0 bridgehead atoms. The Hall–Kier alpha value is -1.38. The first-order valence-electron chi connectivity index (χ1n) is 2.24. The minimum Gasteiger partial charge on any atom is -0.478 e. The predicted octanol–water partition coefficient (Wildman–Crippen LogP) is 0.382. The van der Waals surface area contributed by atoms with E-state index in [-0.39, 0.29) is 0 Å². The van der Waals surface area contributed by atoms with Gasteiger partial charge in [0.1, 0.15) is 0 Å². The van der Waals surface area contributed by atoms with Gasteiger partial charge in [-0.2, -0.15) is 0 Å². The molecule has 1 N–H and O–H groups in total. The Bertz CT molecular complexity index is 167. The van der Waals surface area contributed by atoms with E-state index in [4.69, 9.17) is 5.11 Å². The van der Waals surface area contributed by atoms with Gasteiger partial charge in [0.15, 0.2) is 5.78 Å². The maximum Gasteiger partial charge on any atom is 0.328 e. The summed E-state index contributed by atoms with van der Waals surface area (Å²) < 4.78 is 0. The fraction of sp³-hybridized carbons (Fsp3) is 0. The Labute approximate surface area is 52.3 Å². The van der Waals surface area contributed by atoms with Crippen LogP contribution >= 0.6 is 0 Å². The molecule has 0 spiro atoms.